The maximum Gasteiger partial charge on any atom is 0.308 e. The summed E-state index contributed by atoms with van der Waals surface area (Å²) >= 11 is 0. The Kier molecular flexibility index (Phi) is 42.4. The third-order valence-electron chi connectivity index (χ3n) is 11.5. The van der Waals surface area contributed by atoms with Gasteiger partial charge in [-0.25, -0.2) is 0 Å². The van der Waals surface area contributed by atoms with Gasteiger partial charge < -0.3 is 29.5 Å². The molecule has 0 heterocycles. The average Bonchev–Trinajstić information content (AvgIpc) is 3.20. The summed E-state index contributed by atoms with van der Waals surface area (Å²) in [6, 6.07) is 0. The highest BCUT2D eigenvalue weighted by molar-refractivity contribution is 5.72. The molecule has 0 radical (unpaired) electrons. The first-order valence-corrected chi connectivity index (χ1v) is 24.5. The van der Waals surface area contributed by atoms with Gasteiger partial charge in [-0.2, -0.15) is 0 Å². The highest BCUT2D eigenvalue weighted by Crippen LogP contribution is 2.22. The van der Waals surface area contributed by atoms with Crippen LogP contribution >= 0.6 is 0 Å². The predicted molar refractivity (Wildman–Crippen MR) is 237 cm³/mol. The van der Waals surface area contributed by atoms with Crippen LogP contribution in [0, 0.1) is 11.8 Å². The van der Waals surface area contributed by atoms with E-state index in [1.54, 1.807) is 0 Å². The predicted octanol–water partition coefficient (Wildman–Crippen LogP) is 11.7. The van der Waals surface area contributed by atoms with Crippen molar-refractivity contribution in [3.05, 3.63) is 0 Å². The molecule has 2 N–H and O–H groups in total. The molecule has 0 amide bonds. The quantitative estimate of drug-likeness (QED) is 0.0464. The van der Waals surface area contributed by atoms with E-state index in [9.17, 15) is 19.8 Å². The van der Waals surface area contributed by atoms with Gasteiger partial charge in [0.05, 0.1) is 25.0 Å². The van der Waals surface area contributed by atoms with Crippen LogP contribution in [-0.4, -0.2) is 97.6 Å². The molecule has 56 heavy (non-hydrogen) atoms. The van der Waals surface area contributed by atoms with Gasteiger partial charge >= 0.3 is 11.9 Å². The van der Waals surface area contributed by atoms with E-state index in [0.29, 0.717) is 13.2 Å². The first kappa shape index (κ1) is 54.8. The molecule has 2 atom stereocenters. The van der Waals surface area contributed by atoms with E-state index >= 15 is 0 Å². The maximum absolute atomic E-state index is 13.1. The van der Waals surface area contributed by atoms with Gasteiger partial charge in [0.15, 0.2) is 0 Å². The normalized spacial score (nSPS) is 12.8. The van der Waals surface area contributed by atoms with Gasteiger partial charge in [-0.1, -0.05) is 156 Å². The van der Waals surface area contributed by atoms with Gasteiger partial charge in [0.2, 0.25) is 0 Å². The summed E-state index contributed by atoms with van der Waals surface area (Å²) in [5, 5.41) is 19.1. The lowest BCUT2D eigenvalue weighted by Crippen LogP contribution is -2.31. The Morgan fingerprint density at radius 1 is 0.375 bits per heavy atom. The standard InChI is InChI=1S/C48H96N2O6/c1-5-9-13-17-19-23-33-45(31-21-15-11-7-3)47(53)55-43-29-39-49(37-27-41-51)35-25-26-36-50(38-28-42-52)40-30-44-56-48(54)46(32-22-16-12-8-4)34-24-20-18-14-10-6-2/h45-46,51-52H,5-44H2,1-4H3. The van der Waals surface area contributed by atoms with Crippen LogP contribution in [-0.2, 0) is 19.1 Å². The van der Waals surface area contributed by atoms with Crippen molar-refractivity contribution in [3.63, 3.8) is 0 Å². The van der Waals surface area contributed by atoms with Crippen LogP contribution in [0.2, 0.25) is 0 Å². The molecule has 8 heteroatoms. The van der Waals surface area contributed by atoms with E-state index < -0.39 is 0 Å². The number of carbonyl (C=O) groups excluding carboxylic acids is 2. The van der Waals surface area contributed by atoms with Crippen molar-refractivity contribution >= 4 is 11.9 Å². The van der Waals surface area contributed by atoms with Crippen LogP contribution in [0.1, 0.15) is 220 Å². The maximum atomic E-state index is 13.1. The zero-order valence-corrected chi connectivity index (χ0v) is 37.9. The first-order chi connectivity index (χ1) is 27.5. The lowest BCUT2D eigenvalue weighted by atomic mass is 9.94. The van der Waals surface area contributed by atoms with E-state index in [1.807, 2.05) is 0 Å². The number of hydrogen-bond acceptors (Lipinski definition) is 8. The number of carbonyl (C=O) groups is 2. The minimum atomic E-state index is 0.00472. The van der Waals surface area contributed by atoms with Crippen molar-refractivity contribution in [3.8, 4) is 0 Å². The fraction of sp³-hybridized carbons (Fsp3) is 0.958. The van der Waals surface area contributed by atoms with Gasteiger partial charge in [-0.05, 0) is 77.3 Å². The van der Waals surface area contributed by atoms with Gasteiger partial charge in [0.25, 0.3) is 0 Å². The summed E-state index contributed by atoms with van der Waals surface area (Å²) < 4.78 is 11.7. The second kappa shape index (κ2) is 43.4. The minimum Gasteiger partial charge on any atom is -0.465 e. The van der Waals surface area contributed by atoms with Crippen molar-refractivity contribution in [2.45, 2.75) is 220 Å². The lowest BCUT2D eigenvalue weighted by molar-refractivity contribution is -0.150. The molecule has 0 bridgehead atoms. The van der Waals surface area contributed by atoms with Crippen molar-refractivity contribution in [2.24, 2.45) is 11.8 Å². The van der Waals surface area contributed by atoms with Crippen molar-refractivity contribution in [2.75, 3.05) is 65.7 Å². The number of aliphatic hydroxyl groups is 2. The molecule has 0 saturated heterocycles. The molecule has 0 aromatic rings. The zero-order chi connectivity index (χ0) is 41.2. The second-order valence-corrected chi connectivity index (χ2v) is 16.8. The third-order valence-corrected chi connectivity index (χ3v) is 11.5. The average molecular weight is 797 g/mol. The Morgan fingerprint density at radius 2 is 0.643 bits per heavy atom. The highest BCUT2D eigenvalue weighted by atomic mass is 16.5. The number of ether oxygens (including phenoxy) is 2. The van der Waals surface area contributed by atoms with Gasteiger partial charge in [-0.15, -0.1) is 0 Å². The summed E-state index contributed by atoms with van der Waals surface area (Å²) in [5.74, 6) is 0.0863. The highest BCUT2D eigenvalue weighted by Gasteiger charge is 2.21. The second-order valence-electron chi connectivity index (χ2n) is 16.8. The molecular weight excluding hydrogens is 701 g/mol. The summed E-state index contributed by atoms with van der Waals surface area (Å²) in [5.41, 5.74) is 0. The zero-order valence-electron chi connectivity index (χ0n) is 37.9. The van der Waals surface area contributed by atoms with Gasteiger partial charge in [-0.3, -0.25) is 9.59 Å². The molecule has 8 nitrogen and oxygen atoms in total. The number of nitrogens with zero attached hydrogens (tertiary/aromatic N) is 2. The Labute approximate surface area is 348 Å². The van der Waals surface area contributed by atoms with Crippen LogP contribution in [0.15, 0.2) is 0 Å². The molecule has 334 valence electrons. The van der Waals surface area contributed by atoms with Crippen LogP contribution in [0.25, 0.3) is 0 Å². The molecule has 0 saturated carbocycles. The Hall–Kier alpha value is -1.22. The largest absolute Gasteiger partial charge is 0.465 e. The number of rotatable bonds is 45. The van der Waals surface area contributed by atoms with E-state index in [2.05, 4.69) is 37.5 Å². The van der Waals surface area contributed by atoms with Crippen LogP contribution in [0.4, 0.5) is 0 Å². The molecule has 0 fully saturated rings. The summed E-state index contributed by atoms with van der Waals surface area (Å²) in [6.45, 7) is 15.6. The fourth-order valence-corrected chi connectivity index (χ4v) is 7.83. The van der Waals surface area contributed by atoms with E-state index in [0.717, 1.165) is 129 Å². The molecule has 0 aromatic carbocycles. The number of hydrogen-bond donors (Lipinski definition) is 2. The summed E-state index contributed by atoms with van der Waals surface area (Å²) in [4.78, 5) is 31.0. The first-order valence-electron chi connectivity index (χ1n) is 24.5. The van der Waals surface area contributed by atoms with E-state index in [4.69, 9.17) is 9.47 Å². The monoisotopic (exact) mass is 797 g/mol. The number of unbranched alkanes of at least 4 members (excludes halogenated alkanes) is 17. The van der Waals surface area contributed by atoms with Crippen LogP contribution < -0.4 is 0 Å². The Morgan fingerprint density at radius 3 is 0.964 bits per heavy atom. The van der Waals surface area contributed by atoms with E-state index in [1.165, 1.54) is 103 Å². The summed E-state index contributed by atoms with van der Waals surface area (Å²) in [7, 11) is 0. The minimum absolute atomic E-state index is 0.00472. The van der Waals surface area contributed by atoms with Crippen LogP contribution in [0.5, 0.6) is 0 Å². The SMILES string of the molecule is CCCCCCCCC(CCCCCC)C(=O)OCCCN(CCCO)CCCCN(CCCO)CCCOC(=O)C(CCCCCC)CCCCCCCC. The molecule has 0 aliphatic carbocycles. The van der Waals surface area contributed by atoms with Crippen LogP contribution in [0.3, 0.4) is 0 Å². The lowest BCUT2D eigenvalue weighted by Gasteiger charge is -2.25. The third kappa shape index (κ3) is 34.8. The molecule has 0 rings (SSSR count). The van der Waals surface area contributed by atoms with Gasteiger partial charge in [0, 0.05) is 39.4 Å². The number of esters is 2. The van der Waals surface area contributed by atoms with Crippen molar-refractivity contribution in [1.29, 1.82) is 0 Å². The molecule has 0 aromatic heterocycles. The number of aliphatic hydroxyl groups excluding tert-OH is 2. The summed E-state index contributed by atoms with van der Waals surface area (Å²) in [6.07, 6.45) is 33.5. The topological polar surface area (TPSA) is 99.5 Å². The molecule has 0 aliphatic rings. The molecule has 2 unspecified atom stereocenters. The van der Waals surface area contributed by atoms with Crippen molar-refractivity contribution in [1.82, 2.24) is 9.80 Å². The Balaban J connectivity index is 4.73. The smallest absolute Gasteiger partial charge is 0.308 e. The molecule has 0 aliphatic heterocycles. The Bertz CT molecular complexity index is 763. The van der Waals surface area contributed by atoms with Gasteiger partial charge in [0.1, 0.15) is 0 Å². The van der Waals surface area contributed by atoms with Crippen molar-refractivity contribution < 1.29 is 29.3 Å². The fourth-order valence-electron chi connectivity index (χ4n) is 7.83. The molecular formula is C48H96N2O6. The van der Waals surface area contributed by atoms with E-state index in [-0.39, 0.29) is 37.0 Å². The molecule has 0 spiro atoms.